The normalized spacial score (nSPS) is 11.2. The Hall–Kier alpha value is -2.49. The van der Waals surface area contributed by atoms with Gasteiger partial charge in [0.1, 0.15) is 17.1 Å². The molecule has 0 fully saturated rings. The van der Waals surface area contributed by atoms with Gasteiger partial charge in [-0.3, -0.25) is 0 Å². The summed E-state index contributed by atoms with van der Waals surface area (Å²) >= 11 is 0. The minimum absolute atomic E-state index is 0.159. The smallest absolute Gasteiger partial charge is 0.339 e. The number of hydrogen-bond donors (Lipinski definition) is 2. The van der Waals surface area contributed by atoms with Crippen LogP contribution in [0.15, 0.2) is 42.5 Å². The van der Waals surface area contributed by atoms with Crippen molar-refractivity contribution < 1.29 is 19.7 Å². The lowest BCUT2D eigenvalue weighted by atomic mass is 9.77. The highest BCUT2D eigenvalue weighted by atomic mass is 16.5. The number of benzene rings is 2. The number of aromatic hydroxyl groups is 1. The maximum Gasteiger partial charge on any atom is 0.339 e. The van der Waals surface area contributed by atoms with E-state index < -0.39 is 5.97 Å². The second kappa shape index (κ2) is 6.10. The minimum Gasteiger partial charge on any atom is -0.508 e. The molecule has 0 aliphatic carbocycles. The lowest BCUT2D eigenvalue weighted by Crippen LogP contribution is -2.19. The highest BCUT2D eigenvalue weighted by Crippen LogP contribution is 2.34. The molecule has 0 saturated carbocycles. The van der Waals surface area contributed by atoms with Gasteiger partial charge in [-0.1, -0.05) is 32.0 Å². The Kier molecular flexibility index (Phi) is 4.40. The van der Waals surface area contributed by atoms with E-state index in [9.17, 15) is 15.0 Å². The quantitative estimate of drug-likeness (QED) is 0.881. The Morgan fingerprint density at radius 2 is 1.68 bits per heavy atom. The molecular formula is C18H20O4. The monoisotopic (exact) mass is 300 g/mol. The van der Waals surface area contributed by atoms with Crippen molar-refractivity contribution in [3.05, 3.63) is 59.2 Å². The van der Waals surface area contributed by atoms with Gasteiger partial charge in [0.05, 0.1) is 6.61 Å². The fourth-order valence-electron chi connectivity index (χ4n) is 2.41. The molecule has 116 valence electrons. The molecule has 0 aliphatic rings. The standard InChI is InChI=1S/C18H20O4/c1-4-22-16-10-7-13(11-15(16)17(20)21)18(2,3)12-5-8-14(19)9-6-12/h5-11,19H,4H2,1-3H3,(H,20,21). The highest BCUT2D eigenvalue weighted by molar-refractivity contribution is 5.91. The Balaban J connectivity index is 2.49. The van der Waals surface area contributed by atoms with E-state index in [0.717, 1.165) is 11.1 Å². The molecule has 2 N–H and O–H groups in total. The second-order valence-electron chi connectivity index (χ2n) is 5.62. The van der Waals surface area contributed by atoms with E-state index in [1.807, 2.05) is 39.0 Å². The van der Waals surface area contributed by atoms with Crippen LogP contribution in [0.25, 0.3) is 0 Å². The van der Waals surface area contributed by atoms with Crippen LogP contribution in [0.4, 0.5) is 0 Å². The number of phenolic OH excluding ortho intramolecular Hbond substituents is 1. The highest BCUT2D eigenvalue weighted by Gasteiger charge is 2.25. The zero-order valence-electron chi connectivity index (χ0n) is 13.0. The maximum atomic E-state index is 11.4. The van der Waals surface area contributed by atoms with Crippen molar-refractivity contribution in [1.29, 1.82) is 0 Å². The molecule has 2 aromatic carbocycles. The predicted octanol–water partition coefficient (Wildman–Crippen LogP) is 3.82. The van der Waals surface area contributed by atoms with Crippen LogP contribution in [0.2, 0.25) is 0 Å². The van der Waals surface area contributed by atoms with Gasteiger partial charge in [-0.15, -0.1) is 0 Å². The summed E-state index contributed by atoms with van der Waals surface area (Å²) in [6, 6.07) is 12.2. The topological polar surface area (TPSA) is 66.8 Å². The van der Waals surface area contributed by atoms with E-state index in [-0.39, 0.29) is 16.7 Å². The Morgan fingerprint density at radius 1 is 1.09 bits per heavy atom. The third-order valence-electron chi connectivity index (χ3n) is 3.82. The summed E-state index contributed by atoms with van der Waals surface area (Å²) in [5, 5.41) is 18.8. The average molecular weight is 300 g/mol. The Bertz CT molecular complexity index is 672. The fourth-order valence-corrected chi connectivity index (χ4v) is 2.41. The summed E-state index contributed by atoms with van der Waals surface area (Å²) in [7, 11) is 0. The molecule has 0 spiro atoms. The first-order valence-electron chi connectivity index (χ1n) is 7.16. The number of aromatic carboxylic acids is 1. The molecule has 4 heteroatoms. The van der Waals surface area contributed by atoms with Gasteiger partial charge in [0.2, 0.25) is 0 Å². The second-order valence-corrected chi connectivity index (χ2v) is 5.62. The third kappa shape index (κ3) is 3.06. The van der Waals surface area contributed by atoms with Crippen molar-refractivity contribution >= 4 is 5.97 Å². The summed E-state index contributed by atoms with van der Waals surface area (Å²) < 4.78 is 5.37. The van der Waals surface area contributed by atoms with Gasteiger partial charge < -0.3 is 14.9 Å². The first kappa shape index (κ1) is 15.9. The molecule has 4 nitrogen and oxygen atoms in total. The van der Waals surface area contributed by atoms with E-state index >= 15 is 0 Å². The van der Waals surface area contributed by atoms with E-state index in [1.54, 1.807) is 24.3 Å². The van der Waals surface area contributed by atoms with Gasteiger partial charge in [-0.05, 0) is 42.3 Å². The molecule has 0 atom stereocenters. The van der Waals surface area contributed by atoms with Gasteiger partial charge in [-0.2, -0.15) is 0 Å². The fraction of sp³-hybridized carbons (Fsp3) is 0.278. The van der Waals surface area contributed by atoms with Crippen LogP contribution in [-0.4, -0.2) is 22.8 Å². The van der Waals surface area contributed by atoms with E-state index in [2.05, 4.69) is 0 Å². The summed E-state index contributed by atoms with van der Waals surface area (Å²) in [5.74, 6) is -0.426. The molecular weight excluding hydrogens is 280 g/mol. The third-order valence-corrected chi connectivity index (χ3v) is 3.82. The van der Waals surface area contributed by atoms with Crippen LogP contribution in [0, 0.1) is 0 Å². The van der Waals surface area contributed by atoms with Crippen LogP contribution >= 0.6 is 0 Å². The van der Waals surface area contributed by atoms with Gasteiger partial charge in [0.15, 0.2) is 0 Å². The molecule has 0 radical (unpaired) electrons. The summed E-state index contributed by atoms with van der Waals surface area (Å²) in [5.41, 5.74) is 1.64. The summed E-state index contributed by atoms with van der Waals surface area (Å²) in [6.45, 7) is 6.27. The number of phenols is 1. The molecule has 0 saturated heterocycles. The zero-order valence-corrected chi connectivity index (χ0v) is 13.0. The molecule has 2 aromatic rings. The van der Waals surface area contributed by atoms with Crippen molar-refractivity contribution in [3.63, 3.8) is 0 Å². The van der Waals surface area contributed by atoms with Gasteiger partial charge in [-0.25, -0.2) is 4.79 Å². The minimum atomic E-state index is -1.01. The summed E-state index contributed by atoms with van der Waals surface area (Å²) in [6.07, 6.45) is 0. The molecule has 0 bridgehead atoms. The van der Waals surface area contributed by atoms with Crippen LogP contribution in [-0.2, 0) is 5.41 Å². The van der Waals surface area contributed by atoms with Crippen molar-refractivity contribution in [3.8, 4) is 11.5 Å². The van der Waals surface area contributed by atoms with Gasteiger partial charge in [0.25, 0.3) is 0 Å². The van der Waals surface area contributed by atoms with Gasteiger partial charge in [0, 0.05) is 5.41 Å². The lowest BCUT2D eigenvalue weighted by Gasteiger charge is -2.27. The Morgan fingerprint density at radius 3 is 2.23 bits per heavy atom. The van der Waals surface area contributed by atoms with E-state index in [1.165, 1.54) is 0 Å². The number of carboxylic acid groups (broad SMARTS) is 1. The predicted molar refractivity (Wildman–Crippen MR) is 84.8 cm³/mol. The average Bonchev–Trinajstić information content (AvgIpc) is 2.48. The largest absolute Gasteiger partial charge is 0.508 e. The number of carboxylic acids is 1. The van der Waals surface area contributed by atoms with E-state index in [0.29, 0.717) is 12.4 Å². The first-order valence-corrected chi connectivity index (χ1v) is 7.16. The molecule has 0 unspecified atom stereocenters. The number of carbonyl (C=O) groups is 1. The lowest BCUT2D eigenvalue weighted by molar-refractivity contribution is 0.0692. The SMILES string of the molecule is CCOc1ccc(C(C)(C)c2ccc(O)cc2)cc1C(=O)O. The van der Waals surface area contributed by atoms with Crippen LogP contribution in [0.3, 0.4) is 0 Å². The maximum absolute atomic E-state index is 11.4. The number of rotatable bonds is 5. The Labute approximate surface area is 130 Å². The van der Waals surface area contributed by atoms with Crippen LogP contribution in [0.5, 0.6) is 11.5 Å². The van der Waals surface area contributed by atoms with Crippen molar-refractivity contribution in [2.75, 3.05) is 6.61 Å². The molecule has 22 heavy (non-hydrogen) atoms. The first-order chi connectivity index (χ1) is 10.4. The molecule has 0 aromatic heterocycles. The number of hydrogen-bond acceptors (Lipinski definition) is 3. The molecule has 0 heterocycles. The van der Waals surface area contributed by atoms with Crippen molar-refractivity contribution in [2.24, 2.45) is 0 Å². The van der Waals surface area contributed by atoms with Gasteiger partial charge >= 0.3 is 5.97 Å². The van der Waals surface area contributed by atoms with E-state index in [4.69, 9.17) is 4.74 Å². The van der Waals surface area contributed by atoms with Crippen molar-refractivity contribution in [1.82, 2.24) is 0 Å². The molecule has 0 aliphatic heterocycles. The van der Waals surface area contributed by atoms with Crippen LogP contribution in [0.1, 0.15) is 42.3 Å². The van der Waals surface area contributed by atoms with Crippen LogP contribution < -0.4 is 4.74 Å². The van der Waals surface area contributed by atoms with Crippen molar-refractivity contribution in [2.45, 2.75) is 26.2 Å². The summed E-state index contributed by atoms with van der Waals surface area (Å²) in [4.78, 5) is 11.4. The molecule has 2 rings (SSSR count). The number of ether oxygens (including phenoxy) is 1. The molecule has 0 amide bonds. The zero-order chi connectivity index (χ0) is 16.3.